The molecule has 25 heavy (non-hydrogen) atoms. The Balaban J connectivity index is 1.64. The van der Waals surface area contributed by atoms with Crippen LogP contribution in [0.25, 0.3) is 0 Å². The van der Waals surface area contributed by atoms with E-state index in [1.807, 2.05) is 0 Å². The molecule has 0 amide bonds. The van der Waals surface area contributed by atoms with Gasteiger partial charge in [-0.25, -0.2) is 0 Å². The first kappa shape index (κ1) is 18.0. The number of methoxy groups -OCH3 is 2. The van der Waals surface area contributed by atoms with E-state index in [1.165, 1.54) is 24.8 Å². The first-order chi connectivity index (χ1) is 11.8. The van der Waals surface area contributed by atoms with Crippen LogP contribution in [0, 0.1) is 40.9 Å². The van der Waals surface area contributed by atoms with Gasteiger partial charge in [0.05, 0.1) is 6.10 Å². The fraction of sp³-hybridized carbons (Fsp3) is 0.909. The Morgan fingerprint density at radius 2 is 1.88 bits per heavy atom. The zero-order valence-corrected chi connectivity index (χ0v) is 16.5. The third kappa shape index (κ3) is 2.49. The average Bonchev–Trinajstić information content (AvgIpc) is 2.88. The van der Waals surface area contributed by atoms with E-state index in [1.54, 1.807) is 14.2 Å². The van der Waals surface area contributed by atoms with Gasteiger partial charge in [-0.2, -0.15) is 0 Å². The molecule has 142 valence electrons. The molecule has 4 saturated carbocycles. The van der Waals surface area contributed by atoms with Gasteiger partial charge in [0.15, 0.2) is 5.79 Å². The van der Waals surface area contributed by atoms with Crippen molar-refractivity contribution in [2.45, 2.75) is 70.7 Å². The molecular formula is C22H36O3. The van der Waals surface area contributed by atoms with Gasteiger partial charge in [0.25, 0.3) is 0 Å². The van der Waals surface area contributed by atoms with Crippen molar-refractivity contribution in [1.82, 2.24) is 0 Å². The highest BCUT2D eigenvalue weighted by Gasteiger charge is 2.60. The van der Waals surface area contributed by atoms with Gasteiger partial charge >= 0.3 is 0 Å². The van der Waals surface area contributed by atoms with E-state index >= 15 is 0 Å². The smallest absolute Gasteiger partial charge is 0.167 e. The summed E-state index contributed by atoms with van der Waals surface area (Å²) < 4.78 is 11.6. The highest BCUT2D eigenvalue weighted by atomic mass is 16.7. The van der Waals surface area contributed by atoms with Crippen molar-refractivity contribution < 1.29 is 14.6 Å². The lowest BCUT2D eigenvalue weighted by Crippen LogP contribution is -2.55. The maximum Gasteiger partial charge on any atom is 0.167 e. The number of hydrogen-bond acceptors (Lipinski definition) is 3. The number of aliphatic hydroxyl groups excluding tert-OH is 1. The predicted octanol–water partition coefficient (Wildman–Crippen LogP) is 4.40. The molecule has 1 N–H and O–H groups in total. The molecule has 3 nitrogen and oxygen atoms in total. The number of rotatable bonds is 2. The van der Waals surface area contributed by atoms with Gasteiger partial charge in [-0.1, -0.05) is 26.0 Å². The van der Waals surface area contributed by atoms with Crippen molar-refractivity contribution in [3.8, 4) is 0 Å². The maximum atomic E-state index is 10.7. The number of fused-ring (bicyclic) bond motifs is 5. The van der Waals surface area contributed by atoms with E-state index in [9.17, 15) is 5.11 Å². The Morgan fingerprint density at radius 3 is 2.56 bits per heavy atom. The molecule has 0 spiro atoms. The molecule has 4 fully saturated rings. The minimum atomic E-state index is -0.373. The summed E-state index contributed by atoms with van der Waals surface area (Å²) in [7, 11) is 3.59. The van der Waals surface area contributed by atoms with Crippen LogP contribution in [0.5, 0.6) is 0 Å². The largest absolute Gasteiger partial charge is 0.393 e. The second-order valence-corrected chi connectivity index (χ2v) is 9.84. The summed E-state index contributed by atoms with van der Waals surface area (Å²) in [5.41, 5.74) is 1.49. The average molecular weight is 349 g/mol. The summed E-state index contributed by atoms with van der Waals surface area (Å²) >= 11 is 0. The minimum absolute atomic E-state index is 0.0663. The van der Waals surface area contributed by atoms with E-state index < -0.39 is 0 Å². The van der Waals surface area contributed by atoms with Crippen LogP contribution in [-0.2, 0) is 9.47 Å². The Bertz CT molecular complexity index is 539. The second kappa shape index (κ2) is 6.07. The zero-order valence-electron chi connectivity index (χ0n) is 16.5. The second-order valence-electron chi connectivity index (χ2n) is 9.84. The zero-order chi connectivity index (χ0) is 18.0. The van der Waals surface area contributed by atoms with Crippen LogP contribution in [0.4, 0.5) is 0 Å². The van der Waals surface area contributed by atoms with Crippen molar-refractivity contribution in [1.29, 1.82) is 0 Å². The third-order valence-electron chi connectivity index (χ3n) is 8.89. The van der Waals surface area contributed by atoms with Gasteiger partial charge in [0, 0.05) is 32.5 Å². The summed E-state index contributed by atoms with van der Waals surface area (Å²) in [4.78, 5) is 0. The summed E-state index contributed by atoms with van der Waals surface area (Å²) in [5, 5.41) is 10.7. The fourth-order valence-electron chi connectivity index (χ4n) is 7.69. The van der Waals surface area contributed by atoms with Crippen LogP contribution in [0.3, 0.4) is 0 Å². The fourth-order valence-corrected chi connectivity index (χ4v) is 7.69. The van der Waals surface area contributed by atoms with Crippen LogP contribution < -0.4 is 0 Å². The molecule has 8 atom stereocenters. The van der Waals surface area contributed by atoms with Gasteiger partial charge in [0.1, 0.15) is 0 Å². The standard InChI is InChI=1S/C22H36O3/c1-13-10-15-12-22(24-4,25-5)9-8-16(15)19-14(2)11-21(3)17(20(13)19)6-7-18(21)23/h13,15-20,23H,2,6-12H2,1,3-5H3/t13-,15?,16?,17?,18+,19?,20?,21+/m1/s1. The van der Waals surface area contributed by atoms with Crippen molar-refractivity contribution in [2.75, 3.05) is 14.2 Å². The molecule has 5 unspecified atom stereocenters. The van der Waals surface area contributed by atoms with Crippen LogP contribution in [0.2, 0.25) is 0 Å². The molecule has 4 aliphatic rings. The molecule has 0 bridgehead atoms. The lowest BCUT2D eigenvalue weighted by Gasteiger charge is -2.59. The molecule has 0 heterocycles. The highest BCUT2D eigenvalue weighted by molar-refractivity contribution is 5.21. The predicted molar refractivity (Wildman–Crippen MR) is 98.9 cm³/mol. The molecule has 0 aromatic rings. The van der Waals surface area contributed by atoms with Gasteiger partial charge in [-0.15, -0.1) is 0 Å². The summed E-state index contributed by atoms with van der Waals surface area (Å²) in [5.74, 6) is 3.76. The number of ether oxygens (including phenoxy) is 2. The summed E-state index contributed by atoms with van der Waals surface area (Å²) in [6.45, 7) is 9.35. The van der Waals surface area contributed by atoms with E-state index in [-0.39, 0.29) is 17.3 Å². The Kier molecular flexibility index (Phi) is 4.37. The molecule has 4 rings (SSSR count). The van der Waals surface area contributed by atoms with Crippen molar-refractivity contribution in [3.63, 3.8) is 0 Å². The number of aliphatic hydroxyl groups is 1. The maximum absolute atomic E-state index is 10.7. The van der Waals surface area contributed by atoms with Gasteiger partial charge in [0.2, 0.25) is 0 Å². The molecular weight excluding hydrogens is 312 g/mol. The Hall–Kier alpha value is -0.380. The molecule has 3 heteroatoms. The summed E-state index contributed by atoms with van der Waals surface area (Å²) in [6.07, 6.45) is 7.55. The Labute approximate surface area is 153 Å². The Morgan fingerprint density at radius 1 is 1.16 bits per heavy atom. The van der Waals surface area contributed by atoms with E-state index in [0.29, 0.717) is 29.6 Å². The quantitative estimate of drug-likeness (QED) is 0.594. The molecule has 0 radical (unpaired) electrons. The number of allylic oxidation sites excluding steroid dienone is 1. The van der Waals surface area contributed by atoms with E-state index in [0.717, 1.165) is 31.6 Å². The van der Waals surface area contributed by atoms with Gasteiger partial charge < -0.3 is 14.6 Å². The lowest BCUT2D eigenvalue weighted by molar-refractivity contribution is -0.247. The topological polar surface area (TPSA) is 38.7 Å². The van der Waals surface area contributed by atoms with Crippen molar-refractivity contribution in [3.05, 3.63) is 12.2 Å². The molecule has 0 aliphatic heterocycles. The van der Waals surface area contributed by atoms with Crippen molar-refractivity contribution in [2.24, 2.45) is 40.9 Å². The monoisotopic (exact) mass is 348 g/mol. The minimum Gasteiger partial charge on any atom is -0.393 e. The van der Waals surface area contributed by atoms with Gasteiger partial charge in [-0.3, -0.25) is 0 Å². The number of hydrogen-bond donors (Lipinski definition) is 1. The van der Waals surface area contributed by atoms with Crippen molar-refractivity contribution >= 4 is 0 Å². The van der Waals surface area contributed by atoms with Crippen LogP contribution in [0.1, 0.15) is 58.8 Å². The molecule has 0 aromatic heterocycles. The van der Waals surface area contributed by atoms with E-state index in [2.05, 4.69) is 20.4 Å². The molecule has 4 aliphatic carbocycles. The van der Waals surface area contributed by atoms with Gasteiger partial charge in [-0.05, 0) is 67.6 Å². The summed E-state index contributed by atoms with van der Waals surface area (Å²) in [6, 6.07) is 0. The van der Waals surface area contributed by atoms with E-state index in [4.69, 9.17) is 9.47 Å². The molecule has 0 saturated heterocycles. The first-order valence-corrected chi connectivity index (χ1v) is 10.3. The van der Waals surface area contributed by atoms with Crippen LogP contribution in [-0.4, -0.2) is 31.2 Å². The third-order valence-corrected chi connectivity index (χ3v) is 8.89. The highest BCUT2D eigenvalue weighted by Crippen LogP contribution is 2.65. The normalized spacial score (nSPS) is 51.6. The van der Waals surface area contributed by atoms with Crippen LogP contribution in [0.15, 0.2) is 12.2 Å². The lowest BCUT2D eigenvalue weighted by atomic mass is 9.46. The van der Waals surface area contributed by atoms with Crippen LogP contribution >= 0.6 is 0 Å². The SMILES string of the molecule is C=C1C[C@@]2(C)C(CC[C@@H]2O)C2C1C1CCC(OC)(OC)CC1C[C@H]2C. The first-order valence-electron chi connectivity index (χ1n) is 10.3. The molecule has 0 aromatic carbocycles.